The molecule has 3 rings (SSSR count). The predicted molar refractivity (Wildman–Crippen MR) is 87.3 cm³/mol. The lowest BCUT2D eigenvalue weighted by Gasteiger charge is -2.27. The standard InChI is InChI=1S/C16H21N3O2S/c1-12-4-5-14-11-18-8-6-15(14)16(12)22(20,21)19-9-3-7-17-10-13(19)2/h4-6,8,11,13,17H,3,7,9-10H2,1-2H3/t13-/m0/s1. The summed E-state index contributed by atoms with van der Waals surface area (Å²) in [7, 11) is -3.53. The van der Waals surface area contributed by atoms with Gasteiger partial charge in [0.05, 0.1) is 4.90 Å². The molecule has 5 nitrogen and oxygen atoms in total. The second-order valence-electron chi connectivity index (χ2n) is 5.83. The zero-order valence-electron chi connectivity index (χ0n) is 12.9. The zero-order valence-corrected chi connectivity index (χ0v) is 13.7. The van der Waals surface area contributed by atoms with Crippen LogP contribution >= 0.6 is 0 Å². The first-order valence-corrected chi connectivity index (χ1v) is 9.01. The molecule has 6 heteroatoms. The van der Waals surface area contributed by atoms with Gasteiger partial charge in [-0.15, -0.1) is 0 Å². The van der Waals surface area contributed by atoms with E-state index in [2.05, 4.69) is 10.3 Å². The van der Waals surface area contributed by atoms with Crippen LogP contribution in [0.2, 0.25) is 0 Å². The number of hydrogen-bond donors (Lipinski definition) is 1. The van der Waals surface area contributed by atoms with Crippen LogP contribution in [0.4, 0.5) is 0 Å². The van der Waals surface area contributed by atoms with Gasteiger partial charge in [0.25, 0.3) is 0 Å². The minimum atomic E-state index is -3.53. The molecule has 0 bridgehead atoms. The largest absolute Gasteiger partial charge is 0.315 e. The molecule has 1 aliphatic heterocycles. The molecule has 0 spiro atoms. The molecule has 1 atom stereocenters. The molecule has 0 aliphatic carbocycles. The van der Waals surface area contributed by atoms with Crippen LogP contribution in [-0.2, 0) is 10.0 Å². The molecule has 0 radical (unpaired) electrons. The highest BCUT2D eigenvalue weighted by atomic mass is 32.2. The molecule has 22 heavy (non-hydrogen) atoms. The van der Waals surface area contributed by atoms with Crippen molar-refractivity contribution in [2.75, 3.05) is 19.6 Å². The third kappa shape index (κ3) is 2.62. The Morgan fingerprint density at radius 1 is 1.32 bits per heavy atom. The average molecular weight is 319 g/mol. The Morgan fingerprint density at radius 2 is 2.14 bits per heavy atom. The first-order valence-electron chi connectivity index (χ1n) is 7.57. The predicted octanol–water partition coefficient (Wildman–Crippen LogP) is 1.92. The molecular formula is C16H21N3O2S. The molecule has 0 unspecified atom stereocenters. The number of nitrogens with zero attached hydrogens (tertiary/aromatic N) is 2. The molecular weight excluding hydrogens is 298 g/mol. The zero-order chi connectivity index (χ0) is 15.7. The van der Waals surface area contributed by atoms with Gasteiger partial charge in [-0.1, -0.05) is 12.1 Å². The fourth-order valence-electron chi connectivity index (χ4n) is 3.06. The normalized spacial score (nSPS) is 20.9. The smallest absolute Gasteiger partial charge is 0.244 e. The molecule has 1 aromatic carbocycles. The van der Waals surface area contributed by atoms with Crippen molar-refractivity contribution in [3.8, 4) is 0 Å². The van der Waals surface area contributed by atoms with Gasteiger partial charge in [-0.25, -0.2) is 8.42 Å². The van der Waals surface area contributed by atoms with E-state index >= 15 is 0 Å². The molecule has 1 fully saturated rings. The fourth-order valence-corrected chi connectivity index (χ4v) is 5.15. The summed E-state index contributed by atoms with van der Waals surface area (Å²) in [4.78, 5) is 4.51. The van der Waals surface area contributed by atoms with Gasteiger partial charge < -0.3 is 5.32 Å². The summed E-state index contributed by atoms with van der Waals surface area (Å²) in [5.41, 5.74) is 0.781. The summed E-state index contributed by atoms with van der Waals surface area (Å²) >= 11 is 0. The van der Waals surface area contributed by atoms with E-state index in [4.69, 9.17) is 0 Å². The number of aromatic nitrogens is 1. The highest BCUT2D eigenvalue weighted by Crippen LogP contribution is 2.30. The van der Waals surface area contributed by atoms with Gasteiger partial charge in [0.1, 0.15) is 0 Å². The van der Waals surface area contributed by atoms with Crippen molar-refractivity contribution in [3.63, 3.8) is 0 Å². The Bertz CT molecular complexity index is 789. The van der Waals surface area contributed by atoms with Crippen molar-refractivity contribution in [1.82, 2.24) is 14.6 Å². The summed E-state index contributed by atoms with van der Waals surface area (Å²) in [6.45, 7) is 5.90. The Morgan fingerprint density at radius 3 is 2.95 bits per heavy atom. The quantitative estimate of drug-likeness (QED) is 0.918. The number of aryl methyl sites for hydroxylation is 1. The van der Waals surface area contributed by atoms with Gasteiger partial charge in [0, 0.05) is 42.3 Å². The molecule has 0 saturated carbocycles. The van der Waals surface area contributed by atoms with Gasteiger partial charge in [-0.3, -0.25) is 4.98 Å². The van der Waals surface area contributed by atoms with Crippen molar-refractivity contribution < 1.29 is 8.42 Å². The highest BCUT2D eigenvalue weighted by molar-refractivity contribution is 7.89. The van der Waals surface area contributed by atoms with Crippen LogP contribution < -0.4 is 5.32 Å². The van der Waals surface area contributed by atoms with Crippen LogP contribution in [-0.4, -0.2) is 43.4 Å². The fraction of sp³-hybridized carbons (Fsp3) is 0.438. The number of sulfonamides is 1. The molecule has 2 aromatic rings. The number of hydrogen-bond acceptors (Lipinski definition) is 4. The third-order valence-corrected chi connectivity index (χ3v) is 6.42. The lowest BCUT2D eigenvalue weighted by atomic mass is 10.1. The van der Waals surface area contributed by atoms with E-state index in [0.717, 1.165) is 29.3 Å². The van der Waals surface area contributed by atoms with Gasteiger partial charge in [0.2, 0.25) is 10.0 Å². The third-order valence-electron chi connectivity index (χ3n) is 4.20. The lowest BCUT2D eigenvalue weighted by molar-refractivity contribution is 0.353. The van der Waals surface area contributed by atoms with Gasteiger partial charge in [0.15, 0.2) is 0 Å². The molecule has 1 aromatic heterocycles. The maximum absolute atomic E-state index is 13.3. The van der Waals surface area contributed by atoms with Crippen molar-refractivity contribution in [3.05, 3.63) is 36.2 Å². The highest BCUT2D eigenvalue weighted by Gasteiger charge is 2.32. The molecule has 1 aliphatic rings. The Kier molecular flexibility index (Phi) is 4.16. The Balaban J connectivity index is 2.18. The van der Waals surface area contributed by atoms with Crippen molar-refractivity contribution >= 4 is 20.8 Å². The number of benzene rings is 1. The topological polar surface area (TPSA) is 62.3 Å². The van der Waals surface area contributed by atoms with E-state index in [1.165, 1.54) is 0 Å². The summed E-state index contributed by atoms with van der Waals surface area (Å²) in [6, 6.07) is 5.52. The Hall–Kier alpha value is -1.50. The maximum atomic E-state index is 13.3. The molecule has 0 amide bonds. The van der Waals surface area contributed by atoms with Crippen molar-refractivity contribution in [2.24, 2.45) is 0 Å². The number of nitrogens with one attached hydrogen (secondary N) is 1. The van der Waals surface area contributed by atoms with E-state index in [9.17, 15) is 8.42 Å². The summed E-state index contributed by atoms with van der Waals surface area (Å²) in [6.07, 6.45) is 4.18. The SMILES string of the molecule is Cc1ccc2cnccc2c1S(=O)(=O)N1CCCNC[C@@H]1C. The number of pyridine rings is 1. The van der Waals surface area contributed by atoms with Gasteiger partial charge >= 0.3 is 0 Å². The molecule has 118 valence electrons. The minimum Gasteiger partial charge on any atom is -0.315 e. The van der Waals surface area contributed by atoms with Crippen molar-refractivity contribution in [1.29, 1.82) is 0 Å². The van der Waals surface area contributed by atoms with Crippen LogP contribution in [0.25, 0.3) is 10.8 Å². The van der Waals surface area contributed by atoms with E-state index in [0.29, 0.717) is 18.0 Å². The van der Waals surface area contributed by atoms with Gasteiger partial charge in [-0.05, 0) is 38.4 Å². The second-order valence-corrected chi connectivity index (χ2v) is 7.66. The van der Waals surface area contributed by atoms with E-state index in [1.54, 1.807) is 22.8 Å². The van der Waals surface area contributed by atoms with E-state index in [-0.39, 0.29) is 6.04 Å². The summed E-state index contributed by atoms with van der Waals surface area (Å²) in [5, 5.41) is 4.89. The van der Waals surface area contributed by atoms with Crippen LogP contribution in [0.5, 0.6) is 0 Å². The Labute approximate surface area is 131 Å². The number of rotatable bonds is 2. The van der Waals surface area contributed by atoms with Crippen molar-refractivity contribution in [2.45, 2.75) is 31.2 Å². The van der Waals surface area contributed by atoms with Gasteiger partial charge in [-0.2, -0.15) is 4.31 Å². The van der Waals surface area contributed by atoms with Crippen LogP contribution in [0.15, 0.2) is 35.5 Å². The molecule has 1 N–H and O–H groups in total. The van der Waals surface area contributed by atoms with E-state index in [1.807, 2.05) is 26.0 Å². The molecule has 2 heterocycles. The lowest BCUT2D eigenvalue weighted by Crippen LogP contribution is -2.41. The first-order chi connectivity index (χ1) is 10.5. The average Bonchev–Trinajstić information content (AvgIpc) is 2.71. The summed E-state index contributed by atoms with van der Waals surface area (Å²) in [5.74, 6) is 0. The monoisotopic (exact) mass is 319 g/mol. The first kappa shape index (κ1) is 15.4. The maximum Gasteiger partial charge on any atom is 0.244 e. The van der Waals surface area contributed by atoms with E-state index < -0.39 is 10.0 Å². The number of fused-ring (bicyclic) bond motifs is 1. The van der Waals surface area contributed by atoms with Crippen LogP contribution in [0.3, 0.4) is 0 Å². The second kappa shape index (κ2) is 5.95. The minimum absolute atomic E-state index is 0.0519. The summed E-state index contributed by atoms with van der Waals surface area (Å²) < 4.78 is 28.2. The molecule has 1 saturated heterocycles. The van der Waals surface area contributed by atoms with Crippen LogP contribution in [0, 0.1) is 6.92 Å². The van der Waals surface area contributed by atoms with Crippen LogP contribution in [0.1, 0.15) is 18.9 Å².